The van der Waals surface area contributed by atoms with Crippen LogP contribution in [-0.2, 0) is 11.3 Å². The number of anilines is 2. The van der Waals surface area contributed by atoms with Gasteiger partial charge in [-0.3, -0.25) is 19.3 Å². The van der Waals surface area contributed by atoms with E-state index < -0.39 is 17.9 Å². The highest BCUT2D eigenvalue weighted by Crippen LogP contribution is 2.34. The number of aromatic nitrogens is 1. The van der Waals surface area contributed by atoms with Crippen molar-refractivity contribution in [1.82, 2.24) is 9.69 Å². The van der Waals surface area contributed by atoms with Gasteiger partial charge < -0.3 is 16.8 Å². The summed E-state index contributed by atoms with van der Waals surface area (Å²) in [5.41, 5.74) is 15.4. The predicted octanol–water partition coefficient (Wildman–Crippen LogP) is 4.96. The summed E-state index contributed by atoms with van der Waals surface area (Å²) < 4.78 is 4.01. The SMILES string of the molecule is Cc1ccc(C(C(=O)NCc2ccccc2)N(C(=O)c2snc(C(N)=O)c2N)c2ccc(C(C)C)cc2)cc1. The van der Waals surface area contributed by atoms with Gasteiger partial charge in [-0.1, -0.05) is 86.1 Å². The number of aryl methyl sites for hydroxylation is 1. The van der Waals surface area contributed by atoms with Crippen LogP contribution in [0.4, 0.5) is 11.4 Å². The summed E-state index contributed by atoms with van der Waals surface area (Å²) >= 11 is 0.782. The first-order chi connectivity index (χ1) is 18.7. The van der Waals surface area contributed by atoms with E-state index in [4.69, 9.17) is 11.5 Å². The molecular weight excluding hydrogens is 510 g/mol. The van der Waals surface area contributed by atoms with Gasteiger partial charge in [0.05, 0.1) is 5.69 Å². The number of primary amides is 1. The van der Waals surface area contributed by atoms with E-state index in [0.29, 0.717) is 11.3 Å². The highest BCUT2D eigenvalue weighted by atomic mass is 32.1. The Bertz CT molecular complexity index is 1460. The number of amides is 3. The van der Waals surface area contributed by atoms with Gasteiger partial charge in [0.1, 0.15) is 10.9 Å². The van der Waals surface area contributed by atoms with Crippen molar-refractivity contribution in [2.75, 3.05) is 10.6 Å². The Kier molecular flexibility index (Phi) is 8.41. The zero-order valence-corrected chi connectivity index (χ0v) is 22.9. The summed E-state index contributed by atoms with van der Waals surface area (Å²) in [7, 11) is 0. The summed E-state index contributed by atoms with van der Waals surface area (Å²) in [6.45, 7) is 6.39. The molecule has 0 spiro atoms. The molecule has 0 aliphatic heterocycles. The van der Waals surface area contributed by atoms with Crippen molar-refractivity contribution in [2.45, 2.75) is 39.3 Å². The third-order valence-corrected chi connectivity index (χ3v) is 7.27. The molecule has 1 aromatic heterocycles. The maximum atomic E-state index is 14.2. The summed E-state index contributed by atoms with van der Waals surface area (Å²) in [5, 5.41) is 2.99. The Morgan fingerprint density at radius 3 is 2.10 bits per heavy atom. The molecule has 200 valence electrons. The van der Waals surface area contributed by atoms with Crippen LogP contribution >= 0.6 is 11.5 Å². The Morgan fingerprint density at radius 1 is 0.923 bits per heavy atom. The fourth-order valence-corrected chi connectivity index (χ4v) is 4.93. The minimum atomic E-state index is -1.04. The second kappa shape index (κ2) is 11.9. The highest BCUT2D eigenvalue weighted by molar-refractivity contribution is 7.09. The number of nitrogens with two attached hydrogens (primary N) is 2. The van der Waals surface area contributed by atoms with Gasteiger partial charge in [-0.2, -0.15) is 4.37 Å². The fourth-order valence-electron chi connectivity index (χ4n) is 4.19. The Labute approximate surface area is 231 Å². The lowest BCUT2D eigenvalue weighted by Crippen LogP contribution is -2.44. The van der Waals surface area contributed by atoms with Gasteiger partial charge >= 0.3 is 0 Å². The molecular formula is C30H31N5O3S. The molecule has 5 N–H and O–H groups in total. The van der Waals surface area contributed by atoms with Crippen molar-refractivity contribution < 1.29 is 14.4 Å². The molecule has 0 bridgehead atoms. The number of hydrogen-bond acceptors (Lipinski definition) is 6. The molecule has 0 saturated carbocycles. The van der Waals surface area contributed by atoms with Crippen LogP contribution in [0.25, 0.3) is 0 Å². The number of carbonyl (C=O) groups excluding carboxylic acids is 3. The average Bonchev–Trinajstić information content (AvgIpc) is 3.33. The van der Waals surface area contributed by atoms with E-state index in [1.54, 1.807) is 0 Å². The molecule has 0 aliphatic rings. The van der Waals surface area contributed by atoms with Gasteiger partial charge in [-0.25, -0.2) is 0 Å². The zero-order valence-electron chi connectivity index (χ0n) is 22.0. The number of nitrogen functional groups attached to an aromatic ring is 1. The number of hydrogen-bond donors (Lipinski definition) is 3. The van der Waals surface area contributed by atoms with E-state index in [0.717, 1.165) is 28.2 Å². The minimum absolute atomic E-state index is 0.0321. The molecule has 4 aromatic rings. The lowest BCUT2D eigenvalue weighted by Gasteiger charge is -2.31. The molecule has 0 aliphatic carbocycles. The molecule has 9 heteroatoms. The Balaban J connectivity index is 1.83. The first-order valence-corrected chi connectivity index (χ1v) is 13.3. The van der Waals surface area contributed by atoms with E-state index in [1.165, 1.54) is 4.90 Å². The number of benzene rings is 3. The van der Waals surface area contributed by atoms with Gasteiger partial charge in [0, 0.05) is 12.2 Å². The molecule has 0 fully saturated rings. The van der Waals surface area contributed by atoms with Crippen molar-refractivity contribution in [2.24, 2.45) is 5.73 Å². The molecule has 39 heavy (non-hydrogen) atoms. The average molecular weight is 542 g/mol. The number of carbonyl (C=O) groups is 3. The maximum absolute atomic E-state index is 14.2. The minimum Gasteiger partial charge on any atom is -0.395 e. The molecule has 0 radical (unpaired) electrons. The van der Waals surface area contributed by atoms with Crippen LogP contribution in [-0.4, -0.2) is 22.1 Å². The summed E-state index contributed by atoms with van der Waals surface area (Å²) in [6.07, 6.45) is 0. The quantitative estimate of drug-likeness (QED) is 0.276. The van der Waals surface area contributed by atoms with Crippen molar-refractivity contribution in [3.63, 3.8) is 0 Å². The molecule has 1 unspecified atom stereocenters. The topological polar surface area (TPSA) is 131 Å². The van der Waals surface area contributed by atoms with Crippen molar-refractivity contribution >= 4 is 40.6 Å². The molecule has 0 saturated heterocycles. The predicted molar refractivity (Wildman–Crippen MR) is 155 cm³/mol. The van der Waals surface area contributed by atoms with Gasteiger partial charge in [-0.15, -0.1) is 0 Å². The van der Waals surface area contributed by atoms with Gasteiger partial charge in [-0.05, 0) is 53.2 Å². The fraction of sp³-hybridized carbons (Fsp3) is 0.200. The number of nitrogens with zero attached hydrogens (tertiary/aromatic N) is 2. The van der Waals surface area contributed by atoms with Crippen LogP contribution in [0.15, 0.2) is 78.9 Å². The second-order valence-corrected chi connectivity index (χ2v) is 10.3. The van der Waals surface area contributed by atoms with Crippen LogP contribution in [0.5, 0.6) is 0 Å². The standard InChI is InChI=1S/C30H31N5O3S/c1-18(2)21-13-15-23(16-14-21)35(30(38)27-24(31)25(28(32)36)34-39-27)26(22-11-9-19(3)10-12-22)29(37)33-17-20-7-5-4-6-8-20/h4-16,18,26H,17,31H2,1-3H3,(H2,32,36)(H,33,37). The normalized spacial score (nSPS) is 11.7. The van der Waals surface area contributed by atoms with E-state index in [-0.39, 0.29) is 34.6 Å². The van der Waals surface area contributed by atoms with Crippen LogP contribution in [0.2, 0.25) is 0 Å². The zero-order chi connectivity index (χ0) is 28.1. The van der Waals surface area contributed by atoms with Gasteiger partial charge in [0.25, 0.3) is 11.8 Å². The van der Waals surface area contributed by atoms with Crippen LogP contribution in [0.3, 0.4) is 0 Å². The third-order valence-electron chi connectivity index (χ3n) is 6.42. The Hall–Kier alpha value is -4.50. The molecule has 1 atom stereocenters. The van der Waals surface area contributed by atoms with Crippen LogP contribution < -0.4 is 21.7 Å². The van der Waals surface area contributed by atoms with Gasteiger partial charge in [0.2, 0.25) is 5.91 Å². The summed E-state index contributed by atoms with van der Waals surface area (Å²) in [4.78, 5) is 41.3. The van der Waals surface area contributed by atoms with E-state index in [1.807, 2.05) is 85.8 Å². The molecule has 3 amide bonds. The summed E-state index contributed by atoms with van der Waals surface area (Å²) in [5.74, 6) is -1.48. The summed E-state index contributed by atoms with van der Waals surface area (Å²) in [6, 6.07) is 23.4. The maximum Gasteiger partial charge on any atom is 0.273 e. The van der Waals surface area contributed by atoms with E-state index >= 15 is 0 Å². The molecule has 4 rings (SSSR count). The monoisotopic (exact) mass is 541 g/mol. The van der Waals surface area contributed by atoms with Crippen molar-refractivity contribution in [1.29, 1.82) is 0 Å². The van der Waals surface area contributed by atoms with E-state index in [9.17, 15) is 14.4 Å². The van der Waals surface area contributed by atoms with Crippen molar-refractivity contribution in [3.05, 3.63) is 112 Å². The lowest BCUT2D eigenvalue weighted by molar-refractivity contribution is -0.122. The third kappa shape index (κ3) is 6.15. The first kappa shape index (κ1) is 27.5. The number of rotatable bonds is 9. The van der Waals surface area contributed by atoms with E-state index in [2.05, 4.69) is 23.5 Å². The lowest BCUT2D eigenvalue weighted by atomic mass is 9.99. The Morgan fingerprint density at radius 2 is 1.54 bits per heavy atom. The smallest absolute Gasteiger partial charge is 0.273 e. The number of nitrogens with one attached hydrogen (secondary N) is 1. The first-order valence-electron chi connectivity index (χ1n) is 12.5. The molecule has 3 aromatic carbocycles. The van der Waals surface area contributed by atoms with Crippen LogP contribution in [0, 0.1) is 6.92 Å². The largest absolute Gasteiger partial charge is 0.395 e. The van der Waals surface area contributed by atoms with Crippen LogP contribution in [0.1, 0.15) is 68.2 Å². The van der Waals surface area contributed by atoms with Gasteiger partial charge in [0.15, 0.2) is 5.69 Å². The molecule has 8 nitrogen and oxygen atoms in total. The highest BCUT2D eigenvalue weighted by Gasteiger charge is 2.36. The van der Waals surface area contributed by atoms with Crippen molar-refractivity contribution in [3.8, 4) is 0 Å². The second-order valence-electron chi connectivity index (χ2n) is 9.58. The molecule has 1 heterocycles.